The number of hydroxylamine groups is 2. The van der Waals surface area contributed by atoms with Crippen LogP contribution in [0.2, 0.25) is 0 Å². The highest BCUT2D eigenvalue weighted by Crippen LogP contribution is 2.03. The highest BCUT2D eigenvalue weighted by atomic mass is 16.7. The molecule has 108 valence electrons. The summed E-state index contributed by atoms with van der Waals surface area (Å²) in [6.07, 6.45) is 1.97. The molecule has 0 atom stereocenters. The maximum Gasteiger partial charge on any atom is 0.295 e. The van der Waals surface area contributed by atoms with Gasteiger partial charge in [-0.3, -0.25) is 23.8 Å². The standard InChI is InChI=1S/C12H21N3O4/c1-5-6-7-19-9-15-10(8-11(16)13(15)2)12(17)14(3)18-4/h8H,5-7,9H2,1-4H3. The minimum atomic E-state index is -0.390. The monoisotopic (exact) mass is 271 g/mol. The molecule has 7 nitrogen and oxygen atoms in total. The fourth-order valence-electron chi connectivity index (χ4n) is 1.54. The van der Waals surface area contributed by atoms with E-state index in [1.165, 1.54) is 29.6 Å². The van der Waals surface area contributed by atoms with Gasteiger partial charge in [0.2, 0.25) is 0 Å². The number of rotatable bonds is 7. The highest BCUT2D eigenvalue weighted by molar-refractivity contribution is 5.91. The number of hydrogen-bond acceptors (Lipinski definition) is 4. The van der Waals surface area contributed by atoms with Gasteiger partial charge in [-0.05, 0) is 6.42 Å². The van der Waals surface area contributed by atoms with Crippen LogP contribution in [0.4, 0.5) is 0 Å². The summed E-state index contributed by atoms with van der Waals surface area (Å²) in [5.41, 5.74) is -0.0136. The molecule has 0 saturated heterocycles. The van der Waals surface area contributed by atoms with Crippen LogP contribution in [0.15, 0.2) is 10.9 Å². The third kappa shape index (κ3) is 3.68. The first-order valence-corrected chi connectivity index (χ1v) is 6.19. The van der Waals surface area contributed by atoms with E-state index in [9.17, 15) is 9.59 Å². The van der Waals surface area contributed by atoms with Crippen molar-refractivity contribution in [2.75, 3.05) is 20.8 Å². The topological polar surface area (TPSA) is 65.7 Å². The lowest BCUT2D eigenvalue weighted by molar-refractivity contribution is -0.0770. The number of unbranched alkanes of at least 4 members (excludes halogenated alkanes) is 1. The number of hydrogen-bond donors (Lipinski definition) is 0. The average Bonchev–Trinajstić information content (AvgIpc) is 2.69. The minimum Gasteiger partial charge on any atom is -0.359 e. The second-order valence-electron chi connectivity index (χ2n) is 4.17. The molecule has 7 heteroatoms. The first-order valence-electron chi connectivity index (χ1n) is 6.19. The molecule has 1 amide bonds. The number of amides is 1. The van der Waals surface area contributed by atoms with E-state index in [0.29, 0.717) is 6.61 Å². The predicted molar refractivity (Wildman–Crippen MR) is 69.6 cm³/mol. The van der Waals surface area contributed by atoms with E-state index in [1.807, 2.05) is 0 Å². The lowest BCUT2D eigenvalue weighted by atomic mass is 10.4. The van der Waals surface area contributed by atoms with Crippen LogP contribution < -0.4 is 5.56 Å². The molecule has 0 bridgehead atoms. The van der Waals surface area contributed by atoms with E-state index in [2.05, 4.69) is 6.92 Å². The van der Waals surface area contributed by atoms with Crippen LogP contribution in [0, 0.1) is 0 Å². The SMILES string of the molecule is CCCCOCn1c(C(=O)N(C)OC)cc(=O)n1C. The summed E-state index contributed by atoms with van der Waals surface area (Å²) in [4.78, 5) is 28.5. The summed E-state index contributed by atoms with van der Waals surface area (Å²) in [5, 5.41) is 1.07. The highest BCUT2D eigenvalue weighted by Gasteiger charge is 2.19. The lowest BCUT2D eigenvalue weighted by Gasteiger charge is -2.16. The van der Waals surface area contributed by atoms with Gasteiger partial charge >= 0.3 is 0 Å². The molecule has 0 N–H and O–H groups in total. The molecule has 0 spiro atoms. The summed E-state index contributed by atoms with van der Waals surface area (Å²) < 4.78 is 8.30. The maximum absolute atomic E-state index is 12.0. The molecule has 1 heterocycles. The summed E-state index contributed by atoms with van der Waals surface area (Å²) in [6, 6.07) is 1.28. The third-order valence-corrected chi connectivity index (χ3v) is 2.85. The molecule has 0 aromatic carbocycles. The molecule has 19 heavy (non-hydrogen) atoms. The molecule has 0 aliphatic heterocycles. The fraction of sp³-hybridized carbons (Fsp3) is 0.667. The smallest absolute Gasteiger partial charge is 0.295 e. The van der Waals surface area contributed by atoms with E-state index in [1.54, 1.807) is 7.05 Å². The first-order chi connectivity index (χ1) is 9.02. The molecule has 0 radical (unpaired) electrons. The van der Waals surface area contributed by atoms with Crippen molar-refractivity contribution >= 4 is 5.91 Å². The molecule has 0 aliphatic rings. The zero-order valence-electron chi connectivity index (χ0n) is 11.9. The summed E-state index contributed by atoms with van der Waals surface area (Å²) in [7, 11) is 4.47. The largest absolute Gasteiger partial charge is 0.359 e. The Labute approximate surface area is 112 Å². The quantitative estimate of drug-likeness (QED) is 0.538. The van der Waals surface area contributed by atoms with Crippen LogP contribution in [-0.2, 0) is 23.4 Å². The zero-order valence-corrected chi connectivity index (χ0v) is 11.9. The van der Waals surface area contributed by atoms with Crippen LogP contribution >= 0.6 is 0 Å². The van der Waals surface area contributed by atoms with Gasteiger partial charge in [0.15, 0.2) is 0 Å². The lowest BCUT2D eigenvalue weighted by Crippen LogP contribution is -2.29. The van der Waals surface area contributed by atoms with E-state index in [-0.39, 0.29) is 23.9 Å². The Hall–Kier alpha value is -1.60. The van der Waals surface area contributed by atoms with Gasteiger partial charge in [-0.15, -0.1) is 0 Å². The van der Waals surface area contributed by atoms with Gasteiger partial charge < -0.3 is 4.74 Å². The second-order valence-corrected chi connectivity index (χ2v) is 4.17. The summed E-state index contributed by atoms with van der Waals surface area (Å²) >= 11 is 0. The zero-order chi connectivity index (χ0) is 14.4. The van der Waals surface area contributed by atoms with E-state index >= 15 is 0 Å². The Balaban J connectivity index is 2.89. The van der Waals surface area contributed by atoms with E-state index < -0.39 is 0 Å². The van der Waals surface area contributed by atoms with Crippen LogP contribution in [0.1, 0.15) is 30.3 Å². The third-order valence-electron chi connectivity index (χ3n) is 2.85. The Morgan fingerprint density at radius 3 is 2.74 bits per heavy atom. The molecular weight excluding hydrogens is 250 g/mol. The van der Waals surface area contributed by atoms with Crippen molar-refractivity contribution in [2.45, 2.75) is 26.5 Å². The maximum atomic E-state index is 12.0. The molecule has 0 unspecified atom stereocenters. The van der Waals surface area contributed by atoms with Gasteiger partial charge in [0.25, 0.3) is 11.5 Å². The van der Waals surface area contributed by atoms with E-state index in [0.717, 1.165) is 17.9 Å². The number of aromatic nitrogens is 2. The number of nitrogens with zero attached hydrogens (tertiary/aromatic N) is 3. The molecule has 1 rings (SSSR count). The Bertz CT molecular complexity index is 478. The van der Waals surface area contributed by atoms with Crippen molar-refractivity contribution < 1.29 is 14.4 Å². The Morgan fingerprint density at radius 2 is 2.16 bits per heavy atom. The fourth-order valence-corrected chi connectivity index (χ4v) is 1.54. The van der Waals surface area contributed by atoms with Gasteiger partial charge in [0.05, 0.1) is 7.11 Å². The van der Waals surface area contributed by atoms with Crippen molar-refractivity contribution in [3.8, 4) is 0 Å². The van der Waals surface area contributed by atoms with Crippen molar-refractivity contribution in [3.05, 3.63) is 22.1 Å². The molecular formula is C12H21N3O4. The summed E-state index contributed by atoms with van der Waals surface area (Å²) in [5.74, 6) is -0.390. The molecule has 1 aromatic heterocycles. The molecule has 0 saturated carbocycles. The predicted octanol–water partition coefficient (Wildman–Crippen LogP) is 0.594. The molecule has 1 aromatic rings. The van der Waals surface area contributed by atoms with Gasteiger partial charge in [-0.25, -0.2) is 5.06 Å². The van der Waals surface area contributed by atoms with Crippen molar-refractivity contribution in [2.24, 2.45) is 7.05 Å². The number of ether oxygens (including phenoxy) is 1. The first kappa shape index (κ1) is 15.5. The van der Waals surface area contributed by atoms with Crippen LogP contribution in [0.25, 0.3) is 0 Å². The normalized spacial score (nSPS) is 10.7. The summed E-state index contributed by atoms with van der Waals surface area (Å²) in [6.45, 7) is 2.82. The van der Waals surface area contributed by atoms with E-state index in [4.69, 9.17) is 9.57 Å². The Morgan fingerprint density at radius 1 is 1.47 bits per heavy atom. The van der Waals surface area contributed by atoms with Gasteiger partial charge in [0.1, 0.15) is 12.4 Å². The van der Waals surface area contributed by atoms with Crippen molar-refractivity contribution in [1.82, 2.24) is 14.4 Å². The number of carbonyl (C=O) groups excluding carboxylic acids is 1. The molecule has 0 fully saturated rings. The minimum absolute atomic E-state index is 0.164. The van der Waals surface area contributed by atoms with Gasteiger partial charge in [0, 0.05) is 26.8 Å². The molecule has 0 aliphatic carbocycles. The van der Waals surface area contributed by atoms with Crippen molar-refractivity contribution in [1.29, 1.82) is 0 Å². The van der Waals surface area contributed by atoms with Gasteiger partial charge in [-0.2, -0.15) is 0 Å². The van der Waals surface area contributed by atoms with Crippen LogP contribution in [-0.4, -0.2) is 41.1 Å². The van der Waals surface area contributed by atoms with Crippen LogP contribution in [0.5, 0.6) is 0 Å². The number of carbonyl (C=O) groups is 1. The van der Waals surface area contributed by atoms with Crippen LogP contribution in [0.3, 0.4) is 0 Å². The Kier molecular flexibility index (Phi) is 5.78. The van der Waals surface area contributed by atoms with Crippen molar-refractivity contribution in [3.63, 3.8) is 0 Å². The second kappa shape index (κ2) is 7.10. The average molecular weight is 271 g/mol. The van der Waals surface area contributed by atoms with Gasteiger partial charge in [-0.1, -0.05) is 13.3 Å².